The van der Waals surface area contributed by atoms with Gasteiger partial charge in [0.25, 0.3) is 0 Å². The van der Waals surface area contributed by atoms with E-state index in [1.165, 1.54) is 16.9 Å². The van der Waals surface area contributed by atoms with Gasteiger partial charge in [-0.15, -0.1) is 10.2 Å². The lowest BCUT2D eigenvalue weighted by Crippen LogP contribution is -2.01. The summed E-state index contributed by atoms with van der Waals surface area (Å²) in [5, 5.41) is 16.5. The maximum Gasteiger partial charge on any atom is 0.250 e. The Bertz CT molecular complexity index is 977. The fourth-order valence-electron chi connectivity index (χ4n) is 2.38. The van der Waals surface area contributed by atoms with Crippen molar-refractivity contribution in [3.8, 4) is 28.6 Å². The molecule has 4 aromatic rings. The third-order valence-corrected chi connectivity index (χ3v) is 3.53. The van der Waals surface area contributed by atoms with Crippen LogP contribution in [-0.2, 0) is 0 Å². The Hall–Kier alpha value is -3.35. The zero-order valence-corrected chi connectivity index (χ0v) is 12.7. The van der Waals surface area contributed by atoms with Crippen LogP contribution in [0.15, 0.2) is 59.3 Å². The van der Waals surface area contributed by atoms with Gasteiger partial charge in [0, 0.05) is 5.56 Å². The van der Waals surface area contributed by atoms with E-state index in [0.717, 1.165) is 16.8 Å². The van der Waals surface area contributed by atoms with Gasteiger partial charge < -0.3 is 4.42 Å². The molecule has 0 saturated heterocycles. The summed E-state index contributed by atoms with van der Waals surface area (Å²) in [4.78, 5) is 1.50. The van der Waals surface area contributed by atoms with Gasteiger partial charge in [0.1, 0.15) is 5.82 Å². The third kappa shape index (κ3) is 2.56. The molecule has 0 aliphatic rings. The van der Waals surface area contributed by atoms with Gasteiger partial charge in [-0.1, -0.05) is 11.6 Å². The fraction of sp³-hybridized carbons (Fsp3) is 0.0588. The van der Waals surface area contributed by atoms with Crippen LogP contribution in [0, 0.1) is 12.7 Å². The van der Waals surface area contributed by atoms with Crippen LogP contribution in [0.4, 0.5) is 4.39 Å². The van der Waals surface area contributed by atoms with Crippen LogP contribution in [-0.4, -0.2) is 25.2 Å². The molecule has 0 unspecified atom stereocenters. The monoisotopic (exact) mass is 321 g/mol. The molecule has 0 spiro atoms. The van der Waals surface area contributed by atoms with E-state index in [1.54, 1.807) is 24.5 Å². The highest BCUT2D eigenvalue weighted by Crippen LogP contribution is 2.29. The average molecular weight is 321 g/mol. The van der Waals surface area contributed by atoms with Crippen molar-refractivity contribution >= 4 is 0 Å². The molecule has 2 aromatic heterocycles. The molecule has 0 aliphatic heterocycles. The van der Waals surface area contributed by atoms with Crippen molar-refractivity contribution in [1.29, 1.82) is 0 Å². The Labute approximate surface area is 136 Å². The van der Waals surface area contributed by atoms with Crippen molar-refractivity contribution in [2.24, 2.45) is 0 Å². The number of hydrogen-bond donors (Lipinski definition) is 0. The second-order valence-corrected chi connectivity index (χ2v) is 5.26. The van der Waals surface area contributed by atoms with Gasteiger partial charge in [0.05, 0.1) is 23.6 Å². The molecule has 24 heavy (non-hydrogen) atoms. The van der Waals surface area contributed by atoms with Gasteiger partial charge in [-0.25, -0.2) is 4.39 Å². The van der Waals surface area contributed by atoms with Crippen LogP contribution in [0.25, 0.3) is 28.6 Å². The molecular weight excluding hydrogens is 309 g/mol. The Morgan fingerprint density at radius 2 is 1.62 bits per heavy atom. The first-order chi connectivity index (χ1) is 11.7. The van der Waals surface area contributed by atoms with E-state index in [1.807, 2.05) is 25.1 Å². The zero-order chi connectivity index (χ0) is 16.5. The van der Waals surface area contributed by atoms with Crippen LogP contribution in [0.2, 0.25) is 0 Å². The molecule has 4 rings (SSSR count). The molecule has 0 radical (unpaired) electrons. The Morgan fingerprint density at radius 1 is 0.917 bits per heavy atom. The quantitative estimate of drug-likeness (QED) is 0.578. The molecule has 0 atom stereocenters. The molecule has 118 valence electrons. The predicted octanol–water partition coefficient (Wildman–Crippen LogP) is 3.43. The smallest absolute Gasteiger partial charge is 0.250 e. The first-order valence-corrected chi connectivity index (χ1v) is 7.28. The zero-order valence-electron chi connectivity index (χ0n) is 12.7. The predicted molar refractivity (Wildman–Crippen MR) is 84.8 cm³/mol. The molecule has 0 saturated carbocycles. The van der Waals surface area contributed by atoms with Gasteiger partial charge in [0.15, 0.2) is 0 Å². The Balaban J connectivity index is 1.80. The van der Waals surface area contributed by atoms with Crippen molar-refractivity contribution in [3.63, 3.8) is 0 Å². The minimum Gasteiger partial charge on any atom is -0.416 e. The topological polar surface area (TPSA) is 69.6 Å². The molecule has 0 bridgehead atoms. The van der Waals surface area contributed by atoms with Gasteiger partial charge in [-0.3, -0.25) is 0 Å². The highest BCUT2D eigenvalue weighted by molar-refractivity contribution is 5.67. The summed E-state index contributed by atoms with van der Waals surface area (Å²) in [7, 11) is 0. The van der Waals surface area contributed by atoms with Crippen LogP contribution < -0.4 is 0 Å². The van der Waals surface area contributed by atoms with E-state index in [0.29, 0.717) is 17.3 Å². The molecule has 0 N–H and O–H groups in total. The van der Waals surface area contributed by atoms with E-state index < -0.39 is 0 Å². The van der Waals surface area contributed by atoms with Crippen molar-refractivity contribution in [2.45, 2.75) is 6.92 Å². The first-order valence-electron chi connectivity index (χ1n) is 7.28. The lowest BCUT2D eigenvalue weighted by atomic mass is 10.1. The van der Waals surface area contributed by atoms with Gasteiger partial charge in [-0.05, 0) is 43.3 Å². The molecule has 7 heteroatoms. The van der Waals surface area contributed by atoms with Gasteiger partial charge in [0.2, 0.25) is 11.8 Å². The van der Waals surface area contributed by atoms with Crippen molar-refractivity contribution in [1.82, 2.24) is 25.2 Å². The lowest BCUT2D eigenvalue weighted by Gasteiger charge is -2.06. The summed E-state index contributed by atoms with van der Waals surface area (Å²) in [5.41, 5.74) is 3.16. The maximum absolute atomic E-state index is 13.0. The second-order valence-electron chi connectivity index (χ2n) is 5.26. The van der Waals surface area contributed by atoms with Crippen LogP contribution in [0.5, 0.6) is 0 Å². The van der Waals surface area contributed by atoms with Crippen LogP contribution in [0.3, 0.4) is 0 Å². The van der Waals surface area contributed by atoms with Crippen molar-refractivity contribution in [2.75, 3.05) is 0 Å². The average Bonchev–Trinajstić information content (AvgIpc) is 3.27. The molecule has 2 heterocycles. The van der Waals surface area contributed by atoms with Crippen LogP contribution >= 0.6 is 0 Å². The normalized spacial score (nSPS) is 10.9. The second kappa shape index (κ2) is 5.69. The number of halogens is 1. The van der Waals surface area contributed by atoms with E-state index in [4.69, 9.17) is 4.42 Å². The SMILES string of the molecule is Cc1ccc(-n2nccn2)c(-c2nnc(-c3ccc(F)cc3)o2)c1. The number of rotatable bonds is 3. The fourth-order valence-corrected chi connectivity index (χ4v) is 2.38. The number of aryl methyl sites for hydroxylation is 1. The summed E-state index contributed by atoms with van der Waals surface area (Å²) < 4.78 is 18.8. The van der Waals surface area contributed by atoms with Crippen molar-refractivity contribution < 1.29 is 8.81 Å². The Kier molecular flexibility index (Phi) is 3.38. The maximum atomic E-state index is 13.0. The van der Waals surface area contributed by atoms with Gasteiger partial charge in [-0.2, -0.15) is 15.0 Å². The van der Waals surface area contributed by atoms with E-state index in [-0.39, 0.29) is 5.82 Å². The summed E-state index contributed by atoms with van der Waals surface area (Å²) in [6.45, 7) is 1.97. The first kappa shape index (κ1) is 14.3. The number of aromatic nitrogens is 5. The molecule has 0 fully saturated rings. The van der Waals surface area contributed by atoms with E-state index in [9.17, 15) is 4.39 Å². The third-order valence-electron chi connectivity index (χ3n) is 3.53. The summed E-state index contributed by atoms with van der Waals surface area (Å²) >= 11 is 0. The van der Waals surface area contributed by atoms with Crippen LogP contribution in [0.1, 0.15) is 5.56 Å². The summed E-state index contributed by atoms with van der Waals surface area (Å²) in [5.74, 6) is 0.362. The summed E-state index contributed by atoms with van der Waals surface area (Å²) in [6.07, 6.45) is 3.20. The molecule has 0 amide bonds. The minimum absolute atomic E-state index is 0.316. The van der Waals surface area contributed by atoms with E-state index in [2.05, 4.69) is 20.4 Å². The lowest BCUT2D eigenvalue weighted by molar-refractivity contribution is 0.582. The summed E-state index contributed by atoms with van der Waals surface area (Å²) in [6, 6.07) is 11.7. The number of hydrogen-bond acceptors (Lipinski definition) is 5. The highest BCUT2D eigenvalue weighted by Gasteiger charge is 2.16. The molecule has 2 aromatic carbocycles. The minimum atomic E-state index is -0.316. The van der Waals surface area contributed by atoms with Crippen molar-refractivity contribution in [3.05, 3.63) is 66.2 Å². The van der Waals surface area contributed by atoms with Gasteiger partial charge >= 0.3 is 0 Å². The molecule has 6 nitrogen and oxygen atoms in total. The number of benzene rings is 2. The van der Waals surface area contributed by atoms with E-state index >= 15 is 0 Å². The number of nitrogens with zero attached hydrogens (tertiary/aromatic N) is 5. The molecular formula is C17H12FN5O. The largest absolute Gasteiger partial charge is 0.416 e. The standard InChI is InChI=1S/C17H12FN5O/c1-11-2-7-15(23-19-8-9-20-23)14(10-11)17-22-21-16(24-17)12-3-5-13(18)6-4-12/h2-10H,1H3. The molecule has 0 aliphatic carbocycles. The highest BCUT2D eigenvalue weighted by atomic mass is 19.1. The Morgan fingerprint density at radius 3 is 2.38 bits per heavy atom.